The average Bonchev–Trinajstić information content (AvgIpc) is 3.61. The van der Waals surface area contributed by atoms with Crippen molar-refractivity contribution in [1.82, 2.24) is 29.6 Å². The first-order valence-electron chi connectivity index (χ1n) is 13.0. The molecule has 2 fully saturated rings. The number of nitrogens with zero attached hydrogens (tertiary/aromatic N) is 7. The predicted octanol–water partition coefficient (Wildman–Crippen LogP) is 4.00. The second-order valence-corrected chi connectivity index (χ2v) is 10.8. The Morgan fingerprint density at radius 2 is 1.81 bits per heavy atom. The minimum Gasteiger partial charge on any atom is -0.390 e. The molecular formula is C28H32FN7O. The maximum atomic E-state index is 14.2. The van der Waals surface area contributed by atoms with Crippen LogP contribution in [0.3, 0.4) is 0 Å². The summed E-state index contributed by atoms with van der Waals surface area (Å²) in [7, 11) is 0. The Balaban J connectivity index is 1.30. The molecule has 1 aliphatic heterocycles. The van der Waals surface area contributed by atoms with Crippen LogP contribution in [0.4, 0.5) is 10.2 Å². The van der Waals surface area contributed by atoms with E-state index >= 15 is 0 Å². The maximum Gasteiger partial charge on any atom is 0.156 e. The van der Waals surface area contributed by atoms with E-state index in [1.807, 2.05) is 29.1 Å². The van der Waals surface area contributed by atoms with Gasteiger partial charge in [-0.05, 0) is 38.8 Å². The molecular weight excluding hydrogens is 469 g/mol. The predicted molar refractivity (Wildman–Crippen MR) is 141 cm³/mol. The fourth-order valence-electron chi connectivity index (χ4n) is 4.93. The molecule has 8 nitrogen and oxygen atoms in total. The summed E-state index contributed by atoms with van der Waals surface area (Å²) in [4.78, 5) is 19.2. The second-order valence-electron chi connectivity index (χ2n) is 10.8. The molecule has 1 saturated heterocycles. The molecule has 1 N–H and O–H groups in total. The van der Waals surface area contributed by atoms with Gasteiger partial charge in [0.1, 0.15) is 17.0 Å². The van der Waals surface area contributed by atoms with Crippen LogP contribution in [0, 0.1) is 5.82 Å². The quantitative estimate of drug-likeness (QED) is 0.410. The minimum absolute atomic E-state index is 0.156. The number of halogens is 1. The maximum absolute atomic E-state index is 14.2. The van der Waals surface area contributed by atoms with Gasteiger partial charge in [-0.25, -0.2) is 14.4 Å². The van der Waals surface area contributed by atoms with E-state index in [0.717, 1.165) is 78.4 Å². The zero-order valence-corrected chi connectivity index (χ0v) is 21.3. The molecule has 192 valence electrons. The van der Waals surface area contributed by atoms with Crippen molar-refractivity contribution in [2.45, 2.75) is 51.3 Å². The first-order chi connectivity index (χ1) is 17.8. The first kappa shape index (κ1) is 23.9. The van der Waals surface area contributed by atoms with Gasteiger partial charge in [-0.2, -0.15) is 5.10 Å². The van der Waals surface area contributed by atoms with Crippen LogP contribution < -0.4 is 4.90 Å². The van der Waals surface area contributed by atoms with Gasteiger partial charge in [0.2, 0.25) is 0 Å². The lowest BCUT2D eigenvalue weighted by atomic mass is 10.0. The Bertz CT molecular complexity index is 1420. The summed E-state index contributed by atoms with van der Waals surface area (Å²) in [6.45, 7) is 7.29. The molecule has 6 rings (SSSR count). The molecule has 3 aromatic heterocycles. The Kier molecular flexibility index (Phi) is 6.12. The molecule has 1 aromatic carbocycles. The van der Waals surface area contributed by atoms with Crippen LogP contribution in [0.15, 0.2) is 48.9 Å². The number of benzene rings is 1. The molecule has 9 heteroatoms. The van der Waals surface area contributed by atoms with Crippen molar-refractivity contribution in [1.29, 1.82) is 0 Å². The summed E-state index contributed by atoms with van der Waals surface area (Å²) in [5.74, 6) is 0.669. The van der Waals surface area contributed by atoms with Gasteiger partial charge in [0.15, 0.2) is 5.82 Å². The summed E-state index contributed by atoms with van der Waals surface area (Å²) in [5.41, 5.74) is 3.89. The van der Waals surface area contributed by atoms with Crippen LogP contribution >= 0.6 is 0 Å². The van der Waals surface area contributed by atoms with Crippen LogP contribution in [0.5, 0.6) is 0 Å². The van der Waals surface area contributed by atoms with E-state index in [-0.39, 0.29) is 5.82 Å². The number of fused-ring (bicyclic) bond motifs is 1. The van der Waals surface area contributed by atoms with Gasteiger partial charge >= 0.3 is 0 Å². The van der Waals surface area contributed by atoms with Crippen LogP contribution in [-0.4, -0.2) is 66.5 Å². The highest BCUT2D eigenvalue weighted by atomic mass is 19.1. The largest absolute Gasteiger partial charge is 0.390 e. The van der Waals surface area contributed by atoms with E-state index in [9.17, 15) is 9.50 Å². The van der Waals surface area contributed by atoms with Crippen LogP contribution in [0.1, 0.15) is 44.0 Å². The third-order valence-electron chi connectivity index (χ3n) is 7.02. The lowest BCUT2D eigenvalue weighted by molar-refractivity contribution is 0.0800. The number of rotatable bonds is 7. The minimum atomic E-state index is -0.857. The third kappa shape index (κ3) is 5.33. The standard InChI is InChI=1S/C28H32FN7O/c1-28(2,37)14-21-13-24-25(16-30-21)33-27(26(32-24)20-15-31-36(18-20)22-7-8-22)35-11-9-34(10-12-35)17-19-5-3-4-6-23(19)29/h3-6,13,15-16,18,22,37H,7-12,14,17H2,1-2H3. The summed E-state index contributed by atoms with van der Waals surface area (Å²) < 4.78 is 16.2. The van der Waals surface area contributed by atoms with Gasteiger partial charge in [-0.1, -0.05) is 18.2 Å². The highest BCUT2D eigenvalue weighted by Crippen LogP contribution is 2.37. The average molecular weight is 502 g/mol. The Morgan fingerprint density at radius 3 is 2.54 bits per heavy atom. The van der Waals surface area contributed by atoms with Gasteiger partial charge in [-0.15, -0.1) is 0 Å². The Labute approximate surface area is 215 Å². The molecule has 0 spiro atoms. The number of aliphatic hydroxyl groups is 1. The van der Waals surface area contributed by atoms with Gasteiger partial charge in [0.25, 0.3) is 0 Å². The molecule has 2 aliphatic rings. The molecule has 0 unspecified atom stereocenters. The Hall–Kier alpha value is -3.43. The molecule has 0 bridgehead atoms. The number of hydrogen-bond donors (Lipinski definition) is 1. The van der Waals surface area contributed by atoms with Crippen molar-refractivity contribution in [2.24, 2.45) is 0 Å². The molecule has 1 saturated carbocycles. The van der Waals surface area contributed by atoms with Crippen molar-refractivity contribution in [3.8, 4) is 11.3 Å². The van der Waals surface area contributed by atoms with E-state index in [0.29, 0.717) is 19.0 Å². The van der Waals surface area contributed by atoms with E-state index in [2.05, 4.69) is 26.1 Å². The van der Waals surface area contributed by atoms with E-state index in [1.54, 1.807) is 26.1 Å². The monoisotopic (exact) mass is 501 g/mol. The summed E-state index contributed by atoms with van der Waals surface area (Å²) >= 11 is 0. The van der Waals surface area contributed by atoms with Crippen molar-refractivity contribution in [3.63, 3.8) is 0 Å². The van der Waals surface area contributed by atoms with E-state index in [4.69, 9.17) is 9.97 Å². The highest BCUT2D eigenvalue weighted by molar-refractivity contribution is 5.83. The second kappa shape index (κ2) is 9.46. The van der Waals surface area contributed by atoms with Crippen LogP contribution in [-0.2, 0) is 13.0 Å². The number of piperazine rings is 1. The highest BCUT2D eigenvalue weighted by Gasteiger charge is 2.27. The molecule has 0 radical (unpaired) electrons. The molecule has 0 amide bonds. The van der Waals surface area contributed by atoms with Crippen molar-refractivity contribution < 1.29 is 9.50 Å². The number of hydrogen-bond acceptors (Lipinski definition) is 7. The fraction of sp³-hybridized carbons (Fsp3) is 0.429. The van der Waals surface area contributed by atoms with Gasteiger partial charge in [0, 0.05) is 62.2 Å². The number of pyridine rings is 1. The number of aromatic nitrogens is 5. The SMILES string of the molecule is CC(C)(O)Cc1cc2nc(-c3cnn(C4CC4)c3)c(N3CCN(Cc4ccccc4F)CC3)nc2cn1. The molecule has 37 heavy (non-hydrogen) atoms. The lowest BCUT2D eigenvalue weighted by Crippen LogP contribution is -2.46. The molecule has 1 aliphatic carbocycles. The number of anilines is 1. The molecule has 0 atom stereocenters. The van der Waals surface area contributed by atoms with E-state index in [1.165, 1.54) is 6.07 Å². The Morgan fingerprint density at radius 1 is 1.03 bits per heavy atom. The topological polar surface area (TPSA) is 83.2 Å². The third-order valence-corrected chi connectivity index (χ3v) is 7.02. The van der Waals surface area contributed by atoms with Crippen LogP contribution in [0.2, 0.25) is 0 Å². The summed E-state index contributed by atoms with van der Waals surface area (Å²) in [6, 6.07) is 9.39. The van der Waals surface area contributed by atoms with E-state index < -0.39 is 5.60 Å². The van der Waals surface area contributed by atoms with Gasteiger partial charge < -0.3 is 10.0 Å². The molecule has 4 aromatic rings. The normalized spacial score (nSPS) is 17.0. The first-order valence-corrected chi connectivity index (χ1v) is 13.0. The lowest BCUT2D eigenvalue weighted by Gasteiger charge is -2.36. The smallest absolute Gasteiger partial charge is 0.156 e. The fourth-order valence-corrected chi connectivity index (χ4v) is 4.93. The summed E-state index contributed by atoms with van der Waals surface area (Å²) in [5, 5.41) is 14.9. The van der Waals surface area contributed by atoms with Crippen molar-refractivity contribution >= 4 is 16.9 Å². The van der Waals surface area contributed by atoms with Gasteiger partial charge in [0.05, 0.1) is 29.6 Å². The van der Waals surface area contributed by atoms with Crippen molar-refractivity contribution in [2.75, 3.05) is 31.1 Å². The van der Waals surface area contributed by atoms with Gasteiger partial charge in [-0.3, -0.25) is 14.6 Å². The molecule has 4 heterocycles. The summed E-state index contributed by atoms with van der Waals surface area (Å²) in [6.07, 6.45) is 8.46. The van der Waals surface area contributed by atoms with Crippen molar-refractivity contribution in [3.05, 3.63) is 66.0 Å². The van der Waals surface area contributed by atoms with Crippen LogP contribution in [0.25, 0.3) is 22.3 Å². The zero-order valence-electron chi connectivity index (χ0n) is 21.3. The zero-order chi connectivity index (χ0) is 25.6.